The third-order valence-corrected chi connectivity index (χ3v) is 5.17. The van der Waals surface area contributed by atoms with E-state index < -0.39 is 5.97 Å². The fraction of sp³-hybridized carbons (Fsp3) is 0.308. The van der Waals surface area contributed by atoms with Crippen molar-refractivity contribution in [2.75, 3.05) is 0 Å². The van der Waals surface area contributed by atoms with Gasteiger partial charge in [-0.05, 0) is 41.5 Å². The van der Waals surface area contributed by atoms with Crippen LogP contribution in [-0.2, 0) is 17.8 Å². The summed E-state index contributed by atoms with van der Waals surface area (Å²) in [5, 5.41) is 12.3. The number of carboxylic acid groups (broad SMARTS) is 1. The number of aliphatic carboxylic acids is 1. The topological polar surface area (TPSA) is 101 Å². The highest BCUT2D eigenvalue weighted by atomic mass is 16.5. The molecule has 1 atom stereocenters. The van der Waals surface area contributed by atoms with Gasteiger partial charge < -0.3 is 15.2 Å². The summed E-state index contributed by atoms with van der Waals surface area (Å²) in [5.74, 6) is -0.363. The van der Waals surface area contributed by atoms with E-state index in [1.165, 1.54) is 6.20 Å². The van der Waals surface area contributed by atoms with Gasteiger partial charge >= 0.3 is 5.97 Å². The molecule has 1 heterocycles. The highest BCUT2D eigenvalue weighted by Crippen LogP contribution is 2.23. The first kappa shape index (κ1) is 23.9. The predicted molar refractivity (Wildman–Crippen MR) is 125 cm³/mol. The molecule has 0 radical (unpaired) electrons. The van der Waals surface area contributed by atoms with Gasteiger partial charge in [0.05, 0.1) is 12.2 Å². The Kier molecular flexibility index (Phi) is 8.52. The van der Waals surface area contributed by atoms with Crippen molar-refractivity contribution in [1.82, 2.24) is 15.3 Å². The van der Waals surface area contributed by atoms with Crippen LogP contribution in [0.2, 0.25) is 0 Å². The number of carbonyl (C=O) groups is 2. The average molecular weight is 448 g/mol. The quantitative estimate of drug-likeness (QED) is 0.446. The van der Waals surface area contributed by atoms with Gasteiger partial charge in [0.25, 0.3) is 5.91 Å². The van der Waals surface area contributed by atoms with E-state index in [0.717, 1.165) is 17.5 Å². The molecule has 3 aromatic rings. The minimum absolute atomic E-state index is 0.0517. The first-order chi connectivity index (χ1) is 15.9. The molecule has 7 heteroatoms. The van der Waals surface area contributed by atoms with E-state index in [9.17, 15) is 9.59 Å². The Morgan fingerprint density at radius 3 is 2.55 bits per heavy atom. The van der Waals surface area contributed by atoms with E-state index in [1.54, 1.807) is 24.5 Å². The molecule has 1 aromatic heterocycles. The molecule has 0 saturated heterocycles. The zero-order chi connectivity index (χ0) is 23.6. The summed E-state index contributed by atoms with van der Waals surface area (Å²) in [4.78, 5) is 32.6. The first-order valence-electron chi connectivity index (χ1n) is 11.0. The second-order valence-electron chi connectivity index (χ2n) is 8.28. The van der Waals surface area contributed by atoms with E-state index in [2.05, 4.69) is 29.1 Å². The van der Waals surface area contributed by atoms with Crippen LogP contribution in [0, 0.1) is 5.92 Å². The van der Waals surface area contributed by atoms with Gasteiger partial charge in [0.1, 0.15) is 6.61 Å². The van der Waals surface area contributed by atoms with Crippen molar-refractivity contribution in [2.24, 2.45) is 5.92 Å². The highest BCUT2D eigenvalue weighted by molar-refractivity contribution is 5.96. The fourth-order valence-corrected chi connectivity index (χ4v) is 3.57. The Hall–Kier alpha value is -3.74. The molecular formula is C26H29N3O4. The van der Waals surface area contributed by atoms with Crippen LogP contribution in [0.4, 0.5) is 0 Å². The number of aryl methyl sites for hydroxylation is 1. The number of nitrogens with zero attached hydrogens (tertiary/aromatic N) is 2. The summed E-state index contributed by atoms with van der Waals surface area (Å²) >= 11 is 0. The number of rotatable bonds is 11. The maximum absolute atomic E-state index is 13.4. The molecule has 2 N–H and O–H groups in total. The van der Waals surface area contributed by atoms with Crippen LogP contribution < -0.4 is 10.1 Å². The number of carboxylic acids is 1. The molecule has 0 spiro atoms. The van der Waals surface area contributed by atoms with Crippen LogP contribution in [-0.4, -0.2) is 27.0 Å². The standard InChI is InChI=1S/C26H29N3O4/c1-18(2)14-23(21-6-4-3-5-7-21)29-26(32)22-15-19(8-9-20(22)10-11-25(30)31)17-33-24-16-27-12-13-28-24/h3-9,12-13,15-16,18,23H,10-11,14,17H2,1-2H3,(H,29,32)(H,30,31). The van der Waals surface area contributed by atoms with Crippen molar-refractivity contribution in [3.63, 3.8) is 0 Å². The summed E-state index contributed by atoms with van der Waals surface area (Å²) < 4.78 is 5.67. The molecule has 1 unspecified atom stereocenters. The molecule has 3 rings (SSSR count). The second kappa shape index (κ2) is 11.8. The van der Waals surface area contributed by atoms with E-state index in [4.69, 9.17) is 9.84 Å². The molecule has 0 bridgehead atoms. The number of nitrogens with one attached hydrogen (secondary N) is 1. The van der Waals surface area contributed by atoms with Crippen LogP contribution in [0.25, 0.3) is 0 Å². The van der Waals surface area contributed by atoms with E-state index in [1.807, 2.05) is 36.4 Å². The summed E-state index contributed by atoms with van der Waals surface area (Å²) in [7, 11) is 0. The molecule has 0 saturated carbocycles. The van der Waals surface area contributed by atoms with E-state index in [-0.39, 0.29) is 31.4 Å². The minimum atomic E-state index is -0.904. The lowest BCUT2D eigenvalue weighted by atomic mass is 9.95. The molecule has 1 amide bonds. The normalized spacial score (nSPS) is 11.7. The lowest BCUT2D eigenvalue weighted by molar-refractivity contribution is -0.136. The van der Waals surface area contributed by atoms with Gasteiger partial charge in [0, 0.05) is 24.4 Å². The summed E-state index contributed by atoms with van der Waals surface area (Å²) in [6.45, 7) is 4.45. The Labute approximate surface area is 193 Å². The van der Waals surface area contributed by atoms with Crippen molar-refractivity contribution >= 4 is 11.9 Å². The van der Waals surface area contributed by atoms with E-state index >= 15 is 0 Å². The van der Waals surface area contributed by atoms with Crippen molar-refractivity contribution in [3.05, 3.63) is 89.4 Å². The van der Waals surface area contributed by atoms with Gasteiger partial charge in [0.15, 0.2) is 0 Å². The smallest absolute Gasteiger partial charge is 0.303 e. The van der Waals surface area contributed by atoms with Gasteiger partial charge in [-0.15, -0.1) is 0 Å². The number of amides is 1. The maximum Gasteiger partial charge on any atom is 0.303 e. The Bertz CT molecular complexity index is 1060. The Morgan fingerprint density at radius 1 is 1.09 bits per heavy atom. The van der Waals surface area contributed by atoms with Gasteiger partial charge in [-0.1, -0.05) is 56.3 Å². The third kappa shape index (κ3) is 7.42. The zero-order valence-corrected chi connectivity index (χ0v) is 18.9. The SMILES string of the molecule is CC(C)CC(NC(=O)c1cc(COc2cnccn2)ccc1CCC(=O)O)c1ccccc1. The summed E-state index contributed by atoms with van der Waals surface area (Å²) in [6.07, 6.45) is 5.63. The largest absolute Gasteiger partial charge is 0.481 e. The van der Waals surface area contributed by atoms with Crippen molar-refractivity contribution in [1.29, 1.82) is 0 Å². The number of ether oxygens (including phenoxy) is 1. The Balaban J connectivity index is 1.84. The van der Waals surface area contributed by atoms with Crippen LogP contribution >= 0.6 is 0 Å². The zero-order valence-electron chi connectivity index (χ0n) is 18.9. The van der Waals surface area contributed by atoms with Gasteiger partial charge in [-0.2, -0.15) is 0 Å². The van der Waals surface area contributed by atoms with Crippen LogP contribution in [0.15, 0.2) is 67.1 Å². The van der Waals surface area contributed by atoms with Gasteiger partial charge in [0.2, 0.25) is 5.88 Å². The summed E-state index contributed by atoms with van der Waals surface area (Å²) in [6, 6.07) is 15.1. The molecule has 0 aliphatic heterocycles. The lowest BCUT2D eigenvalue weighted by Crippen LogP contribution is -2.30. The molecule has 2 aromatic carbocycles. The van der Waals surface area contributed by atoms with Crippen LogP contribution in [0.3, 0.4) is 0 Å². The molecular weight excluding hydrogens is 418 g/mol. The summed E-state index contributed by atoms with van der Waals surface area (Å²) in [5.41, 5.74) is 2.97. The van der Waals surface area contributed by atoms with Crippen molar-refractivity contribution in [2.45, 2.75) is 45.8 Å². The van der Waals surface area contributed by atoms with E-state index in [0.29, 0.717) is 22.9 Å². The van der Waals surface area contributed by atoms with Crippen LogP contribution in [0.1, 0.15) is 59.8 Å². The number of carbonyl (C=O) groups excluding carboxylic acids is 1. The third-order valence-electron chi connectivity index (χ3n) is 5.17. The number of hydrogen-bond donors (Lipinski definition) is 2. The molecule has 0 fully saturated rings. The predicted octanol–water partition coefficient (Wildman–Crippen LogP) is 4.59. The number of benzene rings is 2. The number of aromatic nitrogens is 2. The molecule has 0 aliphatic carbocycles. The number of hydrogen-bond acceptors (Lipinski definition) is 5. The monoisotopic (exact) mass is 447 g/mol. The van der Waals surface area contributed by atoms with Gasteiger partial charge in [-0.25, -0.2) is 4.98 Å². The van der Waals surface area contributed by atoms with Crippen LogP contribution in [0.5, 0.6) is 5.88 Å². The van der Waals surface area contributed by atoms with Crippen molar-refractivity contribution in [3.8, 4) is 5.88 Å². The minimum Gasteiger partial charge on any atom is -0.481 e. The first-order valence-corrected chi connectivity index (χ1v) is 11.0. The maximum atomic E-state index is 13.4. The second-order valence-corrected chi connectivity index (χ2v) is 8.28. The Morgan fingerprint density at radius 2 is 1.88 bits per heavy atom. The molecule has 0 aliphatic rings. The highest BCUT2D eigenvalue weighted by Gasteiger charge is 2.20. The molecule has 7 nitrogen and oxygen atoms in total. The van der Waals surface area contributed by atoms with Gasteiger partial charge in [-0.3, -0.25) is 14.6 Å². The molecule has 33 heavy (non-hydrogen) atoms. The molecule has 172 valence electrons. The van der Waals surface area contributed by atoms with Crippen molar-refractivity contribution < 1.29 is 19.4 Å². The lowest BCUT2D eigenvalue weighted by Gasteiger charge is -2.22. The average Bonchev–Trinajstić information content (AvgIpc) is 2.82. The fourth-order valence-electron chi connectivity index (χ4n) is 3.57.